The lowest BCUT2D eigenvalue weighted by Crippen LogP contribution is -2.33. The van der Waals surface area contributed by atoms with E-state index in [9.17, 15) is 27.9 Å². The van der Waals surface area contributed by atoms with Crippen LogP contribution in [0.1, 0.15) is 12.6 Å². The van der Waals surface area contributed by atoms with Gasteiger partial charge in [-0.3, -0.25) is 9.13 Å². The van der Waals surface area contributed by atoms with E-state index in [1.165, 1.54) is 12.3 Å². The predicted molar refractivity (Wildman–Crippen MR) is 106 cm³/mol. The zero-order valence-corrected chi connectivity index (χ0v) is 18.9. The van der Waals surface area contributed by atoms with E-state index >= 15 is 0 Å². The van der Waals surface area contributed by atoms with Crippen LogP contribution in [0, 0.1) is 0 Å². The Kier molecular flexibility index (Phi) is 7.75. The van der Waals surface area contributed by atoms with E-state index in [-0.39, 0.29) is 12.2 Å². The smallest absolute Gasteiger partial charge is 0.383 e. The van der Waals surface area contributed by atoms with Crippen LogP contribution in [0.15, 0.2) is 17.1 Å². The van der Waals surface area contributed by atoms with Crippen LogP contribution < -0.4 is 17.2 Å². The maximum absolute atomic E-state index is 13.7. The van der Waals surface area contributed by atoms with Gasteiger partial charge < -0.3 is 40.3 Å². The quantitative estimate of drug-likeness (QED) is 0.238. The summed E-state index contributed by atoms with van der Waals surface area (Å²) in [6.45, 7) is -11.1. The van der Waals surface area contributed by atoms with Crippen LogP contribution in [0.5, 0.6) is 0 Å². The van der Waals surface area contributed by atoms with Crippen LogP contribution in [-0.2, 0) is 41.8 Å². The summed E-state index contributed by atoms with van der Waals surface area (Å²) in [7, 11) is -6.24. The van der Waals surface area contributed by atoms with E-state index in [2.05, 4.69) is 32.9 Å². The molecule has 1 fully saturated rings. The molecule has 0 saturated carbocycles. The number of nitrogen functional groups attached to an aromatic ring is 1. The van der Waals surface area contributed by atoms with Crippen LogP contribution in [0.2, 0.25) is 0 Å². The molecule has 2 rings (SSSR count). The minimum absolute atomic E-state index is 0.0157. The molecule has 30 heavy (non-hydrogen) atoms. The Morgan fingerprint density at radius 1 is 1.37 bits per heavy atom. The second kappa shape index (κ2) is 8.94. The fraction of sp³-hybridized carbons (Fsp3) is 0.600. The van der Waals surface area contributed by atoms with Crippen LogP contribution in [-0.4, -0.2) is 53.3 Å². The molecule has 0 radical (unpaired) electrons. The molecule has 2 unspecified atom stereocenters. The molecular weight excluding hydrogens is 515 g/mol. The van der Waals surface area contributed by atoms with Crippen molar-refractivity contribution in [1.29, 1.82) is 0 Å². The Morgan fingerprint density at radius 3 is 2.50 bits per heavy atom. The highest BCUT2D eigenvalue weighted by Gasteiger charge is 2.63. The monoisotopic (exact) mass is 532 g/mol. The number of hydrogen-bond donors (Lipinski definition) is 6. The van der Waals surface area contributed by atoms with E-state index in [0.717, 1.165) is 4.57 Å². The molecule has 0 spiro atoms. The van der Waals surface area contributed by atoms with Gasteiger partial charge in [0.15, 0.2) is 0 Å². The molecule has 5 atom stereocenters. The molecule has 2 heterocycles. The maximum atomic E-state index is 13.7. The lowest BCUT2D eigenvalue weighted by Gasteiger charge is -2.27. The Bertz CT molecular complexity index is 1010. The van der Waals surface area contributed by atoms with E-state index < -0.39 is 56.9 Å². The van der Waals surface area contributed by atoms with Crippen molar-refractivity contribution in [2.45, 2.75) is 30.2 Å². The minimum Gasteiger partial charge on any atom is -0.383 e. The SMILES string of the molecule is Nc1ccn([C@H]2C[C@H](N)[C@@H](COP(O)(=S)OP(=O)(O)C(F)(F)P(O)(O)=S)O2)c(=O)n1. The fourth-order valence-corrected chi connectivity index (χ4v) is 7.88. The first-order chi connectivity index (χ1) is 13.5. The Balaban J connectivity index is 2.05. The molecule has 0 aliphatic carbocycles. The molecule has 0 amide bonds. The van der Waals surface area contributed by atoms with Crippen LogP contribution in [0.4, 0.5) is 14.6 Å². The molecule has 1 aliphatic heterocycles. The Morgan fingerprint density at radius 2 is 1.97 bits per heavy atom. The van der Waals surface area contributed by atoms with Crippen molar-refractivity contribution in [3.63, 3.8) is 0 Å². The number of alkyl halides is 2. The van der Waals surface area contributed by atoms with Crippen LogP contribution in [0.3, 0.4) is 0 Å². The third kappa shape index (κ3) is 5.75. The van der Waals surface area contributed by atoms with Gasteiger partial charge in [-0.15, -0.1) is 0 Å². The Labute approximate surface area is 177 Å². The number of aromatic nitrogens is 2. The van der Waals surface area contributed by atoms with E-state index in [4.69, 9.17) is 30.5 Å². The molecule has 8 N–H and O–H groups in total. The number of rotatable bonds is 8. The first-order valence-electron chi connectivity index (χ1n) is 7.67. The highest BCUT2D eigenvalue weighted by atomic mass is 32.5. The summed E-state index contributed by atoms with van der Waals surface area (Å²) in [6, 6.07) is 0.558. The van der Waals surface area contributed by atoms with E-state index in [1.807, 2.05) is 0 Å². The number of hydrogen-bond acceptors (Lipinski definition) is 10. The van der Waals surface area contributed by atoms with Crippen molar-refractivity contribution in [2.24, 2.45) is 5.73 Å². The van der Waals surface area contributed by atoms with Gasteiger partial charge in [-0.2, -0.15) is 13.8 Å². The second-order valence-corrected chi connectivity index (χ2v) is 14.4. The summed E-state index contributed by atoms with van der Waals surface area (Å²) in [4.78, 5) is 52.3. The predicted octanol–water partition coefficient (Wildman–Crippen LogP) is -0.280. The van der Waals surface area contributed by atoms with Gasteiger partial charge in [0.05, 0.1) is 12.7 Å². The van der Waals surface area contributed by atoms with Crippen molar-refractivity contribution in [3.8, 4) is 0 Å². The normalized spacial score (nSPS) is 26.8. The summed E-state index contributed by atoms with van der Waals surface area (Å²) in [5.41, 5.74) is 10.5. The average molecular weight is 532 g/mol. The molecule has 0 bridgehead atoms. The van der Waals surface area contributed by atoms with Gasteiger partial charge in [-0.25, -0.2) is 9.11 Å². The molecule has 1 saturated heterocycles. The van der Waals surface area contributed by atoms with Crippen molar-refractivity contribution in [3.05, 3.63) is 22.7 Å². The molecule has 0 aromatic carbocycles. The van der Waals surface area contributed by atoms with E-state index in [1.54, 1.807) is 0 Å². The number of nitrogens with zero attached hydrogens (tertiary/aromatic N) is 2. The third-order valence-corrected chi connectivity index (χ3v) is 10.9. The first kappa shape index (κ1) is 26.0. The van der Waals surface area contributed by atoms with Crippen LogP contribution in [0.25, 0.3) is 0 Å². The van der Waals surface area contributed by atoms with Crippen molar-refractivity contribution < 1.29 is 46.5 Å². The summed E-state index contributed by atoms with van der Waals surface area (Å²) in [5.74, 6) is -0.0157. The fourth-order valence-electron chi connectivity index (χ4n) is 2.27. The summed E-state index contributed by atoms with van der Waals surface area (Å²) in [5, 5.41) is -5.17. The largest absolute Gasteiger partial charge is 0.417 e. The number of halogens is 2. The minimum atomic E-state index is -6.24. The van der Waals surface area contributed by atoms with Gasteiger partial charge in [0.2, 0.25) is 0 Å². The van der Waals surface area contributed by atoms with Crippen LogP contribution >= 0.6 is 20.8 Å². The number of anilines is 1. The highest BCUT2D eigenvalue weighted by molar-refractivity contribution is 8.13. The maximum Gasteiger partial charge on any atom is 0.417 e. The summed E-state index contributed by atoms with van der Waals surface area (Å²) in [6.07, 6.45) is -0.529. The molecular formula is C10H17F2N4O9P3S2. The lowest BCUT2D eigenvalue weighted by atomic mass is 10.1. The van der Waals surface area contributed by atoms with Crippen molar-refractivity contribution in [2.75, 3.05) is 12.3 Å². The molecule has 13 nitrogen and oxygen atoms in total. The first-order valence-corrected chi connectivity index (χ1v) is 14.6. The zero-order chi connectivity index (χ0) is 23.1. The standard InChI is InChI=1S/C10H17F2N4O9P3S2/c11-10(12,27(20,21)29)26(18,19)25-28(22,30)23-4-6-5(13)3-8(24-6)16-2-1-7(14)15-9(16)17/h1-2,5-6,8H,3-4,13H2,(H,18,19)(H,22,30)(H2,14,15,17)(H2,20,21,29)/t5-,6+,8+,28?/m0/s1. The lowest BCUT2D eigenvalue weighted by molar-refractivity contribution is -0.0241. The molecule has 1 aromatic heterocycles. The van der Waals surface area contributed by atoms with Crippen molar-refractivity contribution in [1.82, 2.24) is 9.55 Å². The van der Waals surface area contributed by atoms with Gasteiger partial charge in [0.25, 0.3) is 6.49 Å². The average Bonchev–Trinajstić information content (AvgIpc) is 2.91. The third-order valence-electron chi connectivity index (χ3n) is 3.75. The molecule has 1 aliphatic rings. The van der Waals surface area contributed by atoms with E-state index in [0.29, 0.717) is 0 Å². The molecule has 1 aromatic rings. The Hall–Kier alpha value is -0.250. The zero-order valence-electron chi connectivity index (χ0n) is 14.6. The summed E-state index contributed by atoms with van der Waals surface area (Å²) >= 11 is 8.15. The summed E-state index contributed by atoms with van der Waals surface area (Å²) < 4.78 is 54.3. The highest BCUT2D eigenvalue weighted by Crippen LogP contribution is 2.77. The molecule has 172 valence electrons. The second-order valence-electron chi connectivity index (χ2n) is 5.99. The van der Waals surface area contributed by atoms with Gasteiger partial charge in [-0.05, 0) is 29.7 Å². The topological polar surface area (TPSA) is 213 Å². The van der Waals surface area contributed by atoms with Gasteiger partial charge in [0.1, 0.15) is 12.0 Å². The van der Waals surface area contributed by atoms with Gasteiger partial charge in [-0.1, -0.05) is 0 Å². The van der Waals surface area contributed by atoms with Gasteiger partial charge >= 0.3 is 25.4 Å². The number of ether oxygens (including phenoxy) is 1. The molecule has 20 heteroatoms. The number of nitrogens with two attached hydrogens (primary N) is 2. The van der Waals surface area contributed by atoms with Crippen molar-refractivity contribution >= 4 is 50.2 Å². The van der Waals surface area contributed by atoms with Gasteiger partial charge in [0, 0.05) is 18.7 Å².